The fraction of sp³-hybridized carbons (Fsp3) is 0.0667. The summed E-state index contributed by atoms with van der Waals surface area (Å²) in [4.78, 5) is 4.38. The molecule has 4 nitrogen and oxygen atoms in total. The quantitative estimate of drug-likeness (QED) is 0.724. The van der Waals surface area contributed by atoms with E-state index in [1.165, 1.54) is 0 Å². The number of rotatable bonds is 2. The van der Waals surface area contributed by atoms with Crippen LogP contribution in [0.1, 0.15) is 5.56 Å². The molecule has 20 heavy (non-hydrogen) atoms. The molecule has 0 radical (unpaired) electrons. The Morgan fingerprint density at radius 2 is 1.85 bits per heavy atom. The molecule has 3 aromatic rings. The summed E-state index contributed by atoms with van der Waals surface area (Å²) in [7, 11) is 0. The van der Waals surface area contributed by atoms with Crippen LogP contribution in [0.15, 0.2) is 47.0 Å². The highest BCUT2D eigenvalue weighted by Crippen LogP contribution is 2.27. The zero-order valence-electron chi connectivity index (χ0n) is 10.8. The second-order valence-corrected chi connectivity index (χ2v) is 4.96. The number of hydrogen-bond acceptors (Lipinski definition) is 4. The minimum absolute atomic E-state index is 0.413. The van der Waals surface area contributed by atoms with Gasteiger partial charge in [0.15, 0.2) is 0 Å². The van der Waals surface area contributed by atoms with Gasteiger partial charge < -0.3 is 10.3 Å². The summed E-state index contributed by atoms with van der Waals surface area (Å²) in [5, 5.41) is 4.65. The Balaban J connectivity index is 2.01. The van der Waals surface area contributed by atoms with Gasteiger partial charge in [0.25, 0.3) is 5.89 Å². The molecule has 0 aliphatic carbocycles. The molecule has 2 aromatic carbocycles. The van der Waals surface area contributed by atoms with Crippen molar-refractivity contribution in [3.63, 3.8) is 0 Å². The third-order valence-corrected chi connectivity index (χ3v) is 3.22. The first-order valence-corrected chi connectivity index (χ1v) is 6.47. The number of halogens is 1. The SMILES string of the molecule is Cc1ccc(N)c(-c2nc(-c3ccc(Cl)cc3)no2)c1. The maximum absolute atomic E-state index is 5.94. The average molecular weight is 286 g/mol. The lowest BCUT2D eigenvalue weighted by Crippen LogP contribution is -1.91. The molecule has 1 heterocycles. The fourth-order valence-corrected chi connectivity index (χ4v) is 2.03. The molecule has 1 aromatic heterocycles. The lowest BCUT2D eigenvalue weighted by molar-refractivity contribution is 0.432. The van der Waals surface area contributed by atoms with Crippen LogP contribution >= 0.6 is 11.6 Å². The number of aromatic nitrogens is 2. The fourth-order valence-electron chi connectivity index (χ4n) is 1.90. The van der Waals surface area contributed by atoms with E-state index in [1.54, 1.807) is 12.1 Å². The molecule has 0 spiro atoms. The predicted molar refractivity (Wildman–Crippen MR) is 79.3 cm³/mol. The molecular weight excluding hydrogens is 274 g/mol. The van der Waals surface area contributed by atoms with Gasteiger partial charge in [0.1, 0.15) is 0 Å². The minimum atomic E-state index is 0.413. The summed E-state index contributed by atoms with van der Waals surface area (Å²) in [5.74, 6) is 0.925. The number of aryl methyl sites for hydroxylation is 1. The third-order valence-electron chi connectivity index (χ3n) is 2.97. The maximum atomic E-state index is 5.94. The number of benzene rings is 2. The Morgan fingerprint density at radius 3 is 2.60 bits per heavy atom. The molecule has 0 unspecified atom stereocenters. The maximum Gasteiger partial charge on any atom is 0.260 e. The number of nitrogen functional groups attached to an aromatic ring is 1. The van der Waals surface area contributed by atoms with Crippen molar-refractivity contribution >= 4 is 17.3 Å². The monoisotopic (exact) mass is 285 g/mol. The van der Waals surface area contributed by atoms with E-state index >= 15 is 0 Å². The Hall–Kier alpha value is -2.33. The van der Waals surface area contributed by atoms with Crippen molar-refractivity contribution in [3.05, 3.63) is 53.1 Å². The van der Waals surface area contributed by atoms with Crippen LogP contribution in [0.25, 0.3) is 22.8 Å². The summed E-state index contributed by atoms with van der Waals surface area (Å²) in [6.45, 7) is 1.99. The highest BCUT2D eigenvalue weighted by atomic mass is 35.5. The Morgan fingerprint density at radius 1 is 1.10 bits per heavy atom. The van der Waals surface area contributed by atoms with Crippen molar-refractivity contribution in [3.8, 4) is 22.8 Å². The molecule has 0 atom stereocenters. The van der Waals surface area contributed by atoms with Crippen molar-refractivity contribution in [2.75, 3.05) is 5.73 Å². The zero-order valence-corrected chi connectivity index (χ0v) is 11.6. The van der Waals surface area contributed by atoms with Gasteiger partial charge in [0.2, 0.25) is 5.82 Å². The molecule has 0 saturated heterocycles. The number of anilines is 1. The van der Waals surface area contributed by atoms with Crippen molar-refractivity contribution in [2.24, 2.45) is 0 Å². The number of nitrogens with zero attached hydrogens (tertiary/aromatic N) is 2. The molecule has 3 rings (SSSR count). The van der Waals surface area contributed by atoms with E-state index in [0.717, 1.165) is 16.7 Å². The lowest BCUT2D eigenvalue weighted by atomic mass is 10.1. The van der Waals surface area contributed by atoms with Gasteiger partial charge in [0.05, 0.1) is 5.56 Å². The van der Waals surface area contributed by atoms with Gasteiger partial charge in [-0.15, -0.1) is 0 Å². The van der Waals surface area contributed by atoms with Gasteiger partial charge in [-0.2, -0.15) is 4.98 Å². The first-order chi connectivity index (χ1) is 9.63. The van der Waals surface area contributed by atoms with Crippen LogP contribution in [0.3, 0.4) is 0 Å². The number of hydrogen-bond donors (Lipinski definition) is 1. The van der Waals surface area contributed by atoms with Crippen LogP contribution in [0.5, 0.6) is 0 Å². The van der Waals surface area contributed by atoms with Crippen molar-refractivity contribution < 1.29 is 4.52 Å². The summed E-state index contributed by atoms with van der Waals surface area (Å²) in [6, 6.07) is 13.0. The van der Waals surface area contributed by atoms with Crippen LogP contribution in [0, 0.1) is 6.92 Å². The third kappa shape index (κ3) is 2.38. The predicted octanol–water partition coefficient (Wildman–Crippen LogP) is 3.95. The van der Waals surface area contributed by atoms with Gasteiger partial charge in [-0.3, -0.25) is 0 Å². The molecule has 0 saturated carbocycles. The average Bonchev–Trinajstić information content (AvgIpc) is 2.92. The van der Waals surface area contributed by atoms with E-state index < -0.39 is 0 Å². The van der Waals surface area contributed by atoms with E-state index in [0.29, 0.717) is 22.4 Å². The van der Waals surface area contributed by atoms with Crippen LogP contribution < -0.4 is 5.73 Å². The smallest absolute Gasteiger partial charge is 0.260 e. The van der Waals surface area contributed by atoms with Crippen molar-refractivity contribution in [1.82, 2.24) is 10.1 Å². The van der Waals surface area contributed by atoms with Gasteiger partial charge in [-0.25, -0.2) is 0 Å². The molecule has 0 fully saturated rings. The summed E-state index contributed by atoms with van der Waals surface area (Å²) in [6.07, 6.45) is 0. The van der Waals surface area contributed by atoms with E-state index in [1.807, 2.05) is 37.3 Å². The topological polar surface area (TPSA) is 64.9 Å². The molecule has 0 aliphatic rings. The van der Waals surface area contributed by atoms with Gasteiger partial charge in [0, 0.05) is 16.3 Å². The standard InChI is InChI=1S/C15H12ClN3O/c1-9-2-7-13(17)12(8-9)15-18-14(19-20-15)10-3-5-11(16)6-4-10/h2-8H,17H2,1H3. The van der Waals surface area contributed by atoms with Crippen molar-refractivity contribution in [2.45, 2.75) is 6.92 Å². The van der Waals surface area contributed by atoms with E-state index in [9.17, 15) is 0 Å². The second kappa shape index (κ2) is 4.98. The van der Waals surface area contributed by atoms with Gasteiger partial charge >= 0.3 is 0 Å². The molecule has 0 bridgehead atoms. The Bertz CT molecular complexity index is 750. The first-order valence-electron chi connectivity index (χ1n) is 6.09. The van der Waals surface area contributed by atoms with Crippen molar-refractivity contribution in [1.29, 1.82) is 0 Å². The molecule has 0 amide bonds. The lowest BCUT2D eigenvalue weighted by Gasteiger charge is -2.01. The molecule has 0 aliphatic heterocycles. The first kappa shape index (κ1) is 12.7. The molecular formula is C15H12ClN3O. The van der Waals surface area contributed by atoms with Gasteiger partial charge in [-0.1, -0.05) is 28.4 Å². The number of nitrogens with two attached hydrogens (primary N) is 1. The molecule has 5 heteroatoms. The van der Waals surface area contributed by atoms with E-state index in [-0.39, 0.29) is 0 Å². The van der Waals surface area contributed by atoms with E-state index in [2.05, 4.69) is 10.1 Å². The zero-order chi connectivity index (χ0) is 14.1. The van der Waals surface area contributed by atoms with Crippen LogP contribution in [0.4, 0.5) is 5.69 Å². The van der Waals surface area contributed by atoms with Crippen LogP contribution in [-0.4, -0.2) is 10.1 Å². The Kier molecular flexibility index (Phi) is 3.16. The van der Waals surface area contributed by atoms with Gasteiger partial charge in [-0.05, 0) is 43.3 Å². The largest absolute Gasteiger partial charge is 0.398 e. The van der Waals surface area contributed by atoms with Crippen LogP contribution in [-0.2, 0) is 0 Å². The molecule has 2 N–H and O–H groups in total. The summed E-state index contributed by atoms with van der Waals surface area (Å²) >= 11 is 5.86. The normalized spacial score (nSPS) is 10.7. The van der Waals surface area contributed by atoms with Crippen LogP contribution in [0.2, 0.25) is 5.02 Å². The summed E-state index contributed by atoms with van der Waals surface area (Å²) in [5.41, 5.74) is 9.23. The Labute approximate surface area is 121 Å². The highest BCUT2D eigenvalue weighted by Gasteiger charge is 2.13. The minimum Gasteiger partial charge on any atom is -0.398 e. The van der Waals surface area contributed by atoms with E-state index in [4.69, 9.17) is 21.9 Å². The second-order valence-electron chi connectivity index (χ2n) is 4.52. The molecule has 100 valence electrons. The highest BCUT2D eigenvalue weighted by molar-refractivity contribution is 6.30. The summed E-state index contributed by atoms with van der Waals surface area (Å²) < 4.78 is 5.30.